The first-order valence-electron chi connectivity index (χ1n) is 5.75. The van der Waals surface area contributed by atoms with Gasteiger partial charge in [0, 0.05) is 26.2 Å². The lowest BCUT2D eigenvalue weighted by Gasteiger charge is -2.07. The van der Waals surface area contributed by atoms with Crippen molar-refractivity contribution >= 4 is 17.3 Å². The Kier molecular flexibility index (Phi) is 3.37. The fourth-order valence-electron chi connectivity index (χ4n) is 1.74. The summed E-state index contributed by atoms with van der Waals surface area (Å²) in [5, 5.41) is 14.0. The van der Waals surface area contributed by atoms with Crippen LogP contribution in [-0.2, 0) is 13.6 Å². The van der Waals surface area contributed by atoms with Crippen LogP contribution in [0, 0.1) is 17.0 Å². The molecule has 1 aromatic carbocycles. The number of aromatic nitrogens is 2. The van der Waals surface area contributed by atoms with Crippen LogP contribution in [0.1, 0.15) is 11.4 Å². The number of benzene rings is 1. The van der Waals surface area contributed by atoms with Crippen molar-refractivity contribution in [2.24, 2.45) is 7.05 Å². The first-order valence-corrected chi connectivity index (χ1v) is 5.75. The average molecular weight is 261 g/mol. The Morgan fingerprint density at radius 3 is 2.63 bits per heavy atom. The summed E-state index contributed by atoms with van der Waals surface area (Å²) in [5.74, 6) is 0.835. The van der Waals surface area contributed by atoms with E-state index in [-0.39, 0.29) is 5.82 Å². The topological polar surface area (TPSA) is 99.0 Å². The summed E-state index contributed by atoms with van der Waals surface area (Å²) in [5.41, 5.74) is 7.28. The maximum absolute atomic E-state index is 10.9. The van der Waals surface area contributed by atoms with Crippen molar-refractivity contribution in [1.82, 2.24) is 9.55 Å². The molecule has 0 aliphatic carbocycles. The standard InChI is InChI=1S/C12H15N5O2/c1-8-15-12(17(18)19)11(16(8)2)14-7-9-3-5-10(13)6-4-9/h3-6,14H,7,13H2,1-2H3. The van der Waals surface area contributed by atoms with Crippen LogP contribution in [0.4, 0.5) is 17.3 Å². The molecule has 0 bridgehead atoms. The van der Waals surface area contributed by atoms with E-state index >= 15 is 0 Å². The summed E-state index contributed by atoms with van der Waals surface area (Å²) in [7, 11) is 1.74. The lowest BCUT2D eigenvalue weighted by molar-refractivity contribution is -0.388. The zero-order valence-electron chi connectivity index (χ0n) is 10.8. The van der Waals surface area contributed by atoms with Gasteiger partial charge in [0.1, 0.15) is 0 Å². The molecule has 0 amide bonds. The summed E-state index contributed by atoms with van der Waals surface area (Å²) in [6.07, 6.45) is 0. The van der Waals surface area contributed by atoms with Gasteiger partial charge >= 0.3 is 5.82 Å². The molecule has 0 aliphatic heterocycles. The van der Waals surface area contributed by atoms with E-state index < -0.39 is 4.92 Å². The fraction of sp³-hybridized carbons (Fsp3) is 0.250. The monoisotopic (exact) mass is 261 g/mol. The molecule has 100 valence electrons. The van der Waals surface area contributed by atoms with Crippen molar-refractivity contribution in [3.05, 3.63) is 45.8 Å². The zero-order chi connectivity index (χ0) is 14.0. The predicted octanol–water partition coefficient (Wildman–Crippen LogP) is 1.83. The van der Waals surface area contributed by atoms with Gasteiger partial charge in [0.05, 0.1) is 0 Å². The van der Waals surface area contributed by atoms with Gasteiger partial charge in [0.25, 0.3) is 0 Å². The van der Waals surface area contributed by atoms with Gasteiger partial charge in [0.15, 0.2) is 0 Å². The minimum Gasteiger partial charge on any atom is -0.399 e. The largest absolute Gasteiger partial charge is 0.406 e. The third kappa shape index (κ3) is 2.65. The van der Waals surface area contributed by atoms with Crippen LogP contribution in [0.25, 0.3) is 0 Å². The maximum Gasteiger partial charge on any atom is 0.406 e. The highest BCUT2D eigenvalue weighted by molar-refractivity contribution is 5.54. The van der Waals surface area contributed by atoms with Crippen molar-refractivity contribution in [3.63, 3.8) is 0 Å². The number of hydrogen-bond donors (Lipinski definition) is 2. The number of rotatable bonds is 4. The molecular formula is C12H15N5O2. The highest BCUT2D eigenvalue weighted by Crippen LogP contribution is 2.24. The van der Waals surface area contributed by atoms with Gasteiger partial charge in [-0.1, -0.05) is 12.1 Å². The average Bonchev–Trinajstić information content (AvgIpc) is 2.66. The molecule has 0 radical (unpaired) electrons. The van der Waals surface area contributed by atoms with E-state index in [4.69, 9.17) is 5.73 Å². The second-order valence-electron chi connectivity index (χ2n) is 4.24. The molecule has 0 unspecified atom stereocenters. The number of imidazole rings is 1. The highest BCUT2D eigenvalue weighted by Gasteiger charge is 2.22. The second-order valence-corrected chi connectivity index (χ2v) is 4.24. The van der Waals surface area contributed by atoms with Crippen molar-refractivity contribution in [2.75, 3.05) is 11.1 Å². The summed E-state index contributed by atoms with van der Waals surface area (Å²) in [4.78, 5) is 14.3. The normalized spacial score (nSPS) is 10.4. The van der Waals surface area contributed by atoms with Gasteiger partial charge in [-0.25, -0.2) is 0 Å². The third-order valence-corrected chi connectivity index (χ3v) is 2.91. The molecule has 0 saturated carbocycles. The maximum atomic E-state index is 10.9. The Bertz CT molecular complexity index is 603. The number of nitrogens with two attached hydrogens (primary N) is 1. The number of anilines is 2. The van der Waals surface area contributed by atoms with Crippen molar-refractivity contribution in [1.29, 1.82) is 0 Å². The quantitative estimate of drug-likeness (QED) is 0.497. The molecule has 0 saturated heterocycles. The van der Waals surface area contributed by atoms with Crippen LogP contribution >= 0.6 is 0 Å². The predicted molar refractivity (Wildman–Crippen MR) is 72.8 cm³/mol. The Morgan fingerprint density at radius 2 is 2.05 bits per heavy atom. The van der Waals surface area contributed by atoms with Gasteiger partial charge < -0.3 is 21.2 Å². The second kappa shape index (κ2) is 4.97. The number of hydrogen-bond acceptors (Lipinski definition) is 5. The number of nitro groups is 1. The number of nitrogens with one attached hydrogen (secondary N) is 1. The minimum atomic E-state index is -0.488. The lowest BCUT2D eigenvalue weighted by atomic mass is 10.2. The lowest BCUT2D eigenvalue weighted by Crippen LogP contribution is -2.06. The van der Waals surface area contributed by atoms with E-state index in [0.717, 1.165) is 5.56 Å². The smallest absolute Gasteiger partial charge is 0.399 e. The molecule has 7 nitrogen and oxygen atoms in total. The Labute approximate surface area is 110 Å². The first-order chi connectivity index (χ1) is 8.99. The summed E-state index contributed by atoms with van der Waals surface area (Å²) in [6.45, 7) is 2.20. The molecule has 2 rings (SSSR count). The molecule has 7 heteroatoms. The van der Waals surface area contributed by atoms with Crippen molar-refractivity contribution in [3.8, 4) is 0 Å². The SMILES string of the molecule is Cc1nc([N+](=O)[O-])c(NCc2ccc(N)cc2)n1C. The van der Waals surface area contributed by atoms with E-state index in [1.54, 1.807) is 30.7 Å². The van der Waals surface area contributed by atoms with Crippen molar-refractivity contribution < 1.29 is 4.92 Å². The van der Waals surface area contributed by atoms with E-state index in [1.807, 2.05) is 12.1 Å². The molecule has 0 aliphatic rings. The van der Waals surface area contributed by atoms with Gasteiger partial charge in [-0.15, -0.1) is 0 Å². The van der Waals surface area contributed by atoms with E-state index in [0.29, 0.717) is 23.9 Å². The van der Waals surface area contributed by atoms with Gasteiger partial charge in [-0.3, -0.25) is 4.57 Å². The number of nitrogens with zero attached hydrogens (tertiary/aromatic N) is 3. The fourth-order valence-corrected chi connectivity index (χ4v) is 1.74. The molecule has 0 spiro atoms. The number of nitrogen functional groups attached to an aromatic ring is 1. The van der Waals surface area contributed by atoms with Crippen molar-refractivity contribution in [2.45, 2.75) is 13.5 Å². The third-order valence-electron chi connectivity index (χ3n) is 2.91. The van der Waals surface area contributed by atoms with Gasteiger partial charge in [0.2, 0.25) is 11.6 Å². The molecule has 2 aromatic rings. The van der Waals surface area contributed by atoms with Crippen LogP contribution in [0.3, 0.4) is 0 Å². The molecular weight excluding hydrogens is 246 g/mol. The van der Waals surface area contributed by atoms with E-state index in [1.165, 1.54) is 0 Å². The van der Waals surface area contributed by atoms with Crippen LogP contribution in [-0.4, -0.2) is 14.5 Å². The molecule has 0 atom stereocenters. The van der Waals surface area contributed by atoms with Crippen LogP contribution in [0.15, 0.2) is 24.3 Å². The Hall–Kier alpha value is -2.57. The van der Waals surface area contributed by atoms with Crippen LogP contribution in [0.2, 0.25) is 0 Å². The molecule has 1 heterocycles. The van der Waals surface area contributed by atoms with E-state index in [2.05, 4.69) is 10.3 Å². The minimum absolute atomic E-state index is 0.157. The Morgan fingerprint density at radius 1 is 1.42 bits per heavy atom. The van der Waals surface area contributed by atoms with Crippen LogP contribution < -0.4 is 11.1 Å². The summed E-state index contributed by atoms with van der Waals surface area (Å²) < 4.78 is 1.66. The highest BCUT2D eigenvalue weighted by atomic mass is 16.6. The Balaban J connectivity index is 2.19. The molecule has 1 aromatic heterocycles. The van der Waals surface area contributed by atoms with Gasteiger partial charge in [-0.2, -0.15) is 0 Å². The molecule has 19 heavy (non-hydrogen) atoms. The summed E-state index contributed by atoms with van der Waals surface area (Å²) in [6, 6.07) is 7.33. The first kappa shape index (κ1) is 12.9. The zero-order valence-corrected chi connectivity index (χ0v) is 10.8. The van der Waals surface area contributed by atoms with Crippen LogP contribution in [0.5, 0.6) is 0 Å². The van der Waals surface area contributed by atoms with E-state index in [9.17, 15) is 10.1 Å². The molecule has 0 fully saturated rings. The number of aryl methyl sites for hydroxylation is 1. The van der Waals surface area contributed by atoms with Gasteiger partial charge in [-0.05, 0) is 27.6 Å². The molecule has 3 N–H and O–H groups in total. The summed E-state index contributed by atoms with van der Waals surface area (Å²) >= 11 is 0.